The Morgan fingerprint density at radius 1 is 1.04 bits per heavy atom. The van der Waals surface area contributed by atoms with Gasteiger partial charge in [-0.1, -0.05) is 60.7 Å². The first-order valence-corrected chi connectivity index (χ1v) is 8.07. The van der Waals surface area contributed by atoms with Crippen LogP contribution in [-0.2, 0) is 9.45 Å². The van der Waals surface area contributed by atoms with Crippen molar-refractivity contribution in [3.63, 3.8) is 0 Å². The van der Waals surface area contributed by atoms with Crippen molar-refractivity contribution in [2.45, 2.75) is 19.3 Å². The predicted molar refractivity (Wildman–Crippen MR) is 95.0 cm³/mol. The van der Waals surface area contributed by atoms with Crippen molar-refractivity contribution < 1.29 is 18.1 Å². The molecule has 0 heterocycles. The molecular formula is C20H17BF2O2. The molecule has 0 N–H and O–H groups in total. The summed E-state index contributed by atoms with van der Waals surface area (Å²) in [6.45, 7) is 1.39. The first-order valence-electron chi connectivity index (χ1n) is 8.07. The van der Waals surface area contributed by atoms with Crippen molar-refractivity contribution >= 4 is 18.8 Å². The lowest BCUT2D eigenvalue weighted by atomic mass is 9.78. The molecule has 5 heteroatoms. The number of allylic oxidation sites excluding steroid dienone is 3. The molecule has 1 aliphatic rings. The van der Waals surface area contributed by atoms with Crippen molar-refractivity contribution in [2.24, 2.45) is 0 Å². The molecule has 2 aromatic rings. The van der Waals surface area contributed by atoms with Crippen molar-refractivity contribution in [1.29, 1.82) is 0 Å². The maximum atomic E-state index is 12.9. The summed E-state index contributed by atoms with van der Waals surface area (Å²) in [6, 6.07) is 19.0. The van der Waals surface area contributed by atoms with E-state index in [1.165, 1.54) is 6.92 Å². The Hall–Kier alpha value is -2.69. The van der Waals surface area contributed by atoms with Gasteiger partial charge in [-0.05, 0) is 36.1 Å². The fourth-order valence-electron chi connectivity index (χ4n) is 3.22. The van der Waals surface area contributed by atoms with Crippen LogP contribution in [-0.4, -0.2) is 13.3 Å². The summed E-state index contributed by atoms with van der Waals surface area (Å²) in [5, 5.41) is 0. The molecule has 3 rings (SSSR count). The molecule has 25 heavy (non-hydrogen) atoms. The van der Waals surface area contributed by atoms with Crippen molar-refractivity contribution in [2.75, 3.05) is 0 Å². The first kappa shape index (κ1) is 17.1. The monoisotopic (exact) mass is 338 g/mol. The van der Waals surface area contributed by atoms with Crippen LogP contribution in [0.1, 0.15) is 30.4 Å². The Balaban J connectivity index is 2.13. The van der Waals surface area contributed by atoms with E-state index in [1.807, 2.05) is 60.7 Å². The second kappa shape index (κ2) is 7.47. The number of benzene rings is 2. The van der Waals surface area contributed by atoms with Crippen LogP contribution in [0.3, 0.4) is 0 Å². The summed E-state index contributed by atoms with van der Waals surface area (Å²) in [5.41, 5.74) is 3.01. The number of Topliss-reactive ketones (excluding diaryl/α,β-unsaturated/α-hetero) is 1. The first-order chi connectivity index (χ1) is 12.1. The van der Waals surface area contributed by atoms with E-state index in [2.05, 4.69) is 0 Å². The molecule has 0 saturated carbocycles. The van der Waals surface area contributed by atoms with E-state index in [0.29, 0.717) is 12.0 Å². The molecule has 0 saturated heterocycles. The quantitative estimate of drug-likeness (QED) is 0.714. The van der Waals surface area contributed by atoms with Gasteiger partial charge in [-0.25, -0.2) is 8.63 Å². The molecule has 0 aromatic heterocycles. The molecule has 1 aliphatic carbocycles. The number of ketones is 1. The van der Waals surface area contributed by atoms with Gasteiger partial charge in [0.2, 0.25) is 0 Å². The lowest BCUT2D eigenvalue weighted by molar-refractivity contribution is -0.114. The zero-order valence-electron chi connectivity index (χ0n) is 13.8. The molecule has 0 spiro atoms. The fourth-order valence-corrected chi connectivity index (χ4v) is 3.22. The van der Waals surface area contributed by atoms with Crippen LogP contribution in [0, 0.1) is 0 Å². The Morgan fingerprint density at radius 2 is 1.64 bits per heavy atom. The van der Waals surface area contributed by atoms with Gasteiger partial charge >= 0.3 is 7.47 Å². The molecular weight excluding hydrogens is 321 g/mol. The summed E-state index contributed by atoms with van der Waals surface area (Å²) < 4.78 is 30.6. The number of rotatable bonds is 5. The molecule has 0 radical (unpaired) electrons. The topological polar surface area (TPSA) is 26.3 Å². The molecule has 0 amide bonds. The van der Waals surface area contributed by atoms with Crippen LogP contribution in [0.5, 0.6) is 0 Å². The maximum absolute atomic E-state index is 12.9. The zero-order valence-corrected chi connectivity index (χ0v) is 13.8. The summed E-state index contributed by atoms with van der Waals surface area (Å²) >= 11 is 0. The number of hydrogen-bond donors (Lipinski definition) is 0. The number of carbonyl (C=O) groups is 1. The molecule has 0 aliphatic heterocycles. The SMILES string of the molecule is CC(=O)C1=C(OB(F)F)C=C(c2ccccc2)C[C@@H]1c1ccccc1. The maximum Gasteiger partial charge on any atom is 0.796 e. The third-order valence-corrected chi connectivity index (χ3v) is 4.29. The minimum Gasteiger partial charge on any atom is -0.505 e. The van der Waals surface area contributed by atoms with E-state index in [-0.39, 0.29) is 17.5 Å². The summed E-state index contributed by atoms with van der Waals surface area (Å²) in [4.78, 5) is 12.2. The lowest BCUT2D eigenvalue weighted by Crippen LogP contribution is -2.19. The second-order valence-corrected chi connectivity index (χ2v) is 5.92. The van der Waals surface area contributed by atoms with E-state index in [4.69, 9.17) is 4.65 Å². The highest BCUT2D eigenvalue weighted by molar-refractivity contribution is 6.35. The van der Waals surface area contributed by atoms with Gasteiger partial charge in [0.15, 0.2) is 5.78 Å². The van der Waals surface area contributed by atoms with Crippen molar-refractivity contribution in [1.82, 2.24) is 0 Å². The van der Waals surface area contributed by atoms with Gasteiger partial charge < -0.3 is 4.65 Å². The van der Waals surface area contributed by atoms with E-state index in [9.17, 15) is 13.4 Å². The molecule has 2 nitrogen and oxygen atoms in total. The van der Waals surface area contributed by atoms with Crippen LogP contribution in [0.2, 0.25) is 0 Å². The Kier molecular flexibility index (Phi) is 5.12. The highest BCUT2D eigenvalue weighted by Gasteiger charge is 2.32. The smallest absolute Gasteiger partial charge is 0.505 e. The van der Waals surface area contributed by atoms with Gasteiger partial charge in [0, 0.05) is 11.5 Å². The predicted octanol–water partition coefficient (Wildman–Crippen LogP) is 5.04. The molecule has 126 valence electrons. The Morgan fingerprint density at radius 3 is 2.20 bits per heavy atom. The van der Waals surface area contributed by atoms with Gasteiger partial charge in [-0.2, -0.15) is 0 Å². The lowest BCUT2D eigenvalue weighted by Gasteiger charge is -2.27. The third kappa shape index (κ3) is 3.87. The van der Waals surface area contributed by atoms with Crippen LogP contribution < -0.4 is 0 Å². The normalized spacial score (nSPS) is 17.1. The van der Waals surface area contributed by atoms with E-state index in [1.54, 1.807) is 6.08 Å². The van der Waals surface area contributed by atoms with Crippen molar-refractivity contribution in [3.8, 4) is 0 Å². The van der Waals surface area contributed by atoms with E-state index in [0.717, 1.165) is 16.7 Å². The molecule has 0 unspecified atom stereocenters. The Labute approximate surface area is 146 Å². The average Bonchev–Trinajstić information content (AvgIpc) is 2.62. The highest BCUT2D eigenvalue weighted by atomic mass is 19.2. The summed E-state index contributed by atoms with van der Waals surface area (Å²) in [7, 11) is -2.98. The van der Waals surface area contributed by atoms with Crippen LogP contribution in [0.15, 0.2) is 78.1 Å². The summed E-state index contributed by atoms with van der Waals surface area (Å²) in [5.74, 6) is -0.609. The zero-order chi connectivity index (χ0) is 17.8. The molecule has 1 atom stereocenters. The van der Waals surface area contributed by atoms with E-state index >= 15 is 0 Å². The van der Waals surface area contributed by atoms with Gasteiger partial charge in [-0.3, -0.25) is 4.79 Å². The van der Waals surface area contributed by atoms with E-state index < -0.39 is 7.47 Å². The standard InChI is InChI=1S/C20H17BF2O2/c1-14(24)20-18(16-10-6-3-7-11-16)12-17(13-19(20)25-21(22)23)15-8-4-2-5-9-15/h2-11,13,18H,12H2,1H3/t18-/m1/s1. The highest BCUT2D eigenvalue weighted by Crippen LogP contribution is 2.41. The Bertz CT molecular complexity index is 814. The minimum atomic E-state index is -2.98. The fraction of sp³-hybridized carbons (Fsp3) is 0.150. The van der Waals surface area contributed by atoms with Crippen LogP contribution >= 0.6 is 0 Å². The van der Waals surface area contributed by atoms with Gasteiger partial charge in [0.1, 0.15) is 5.76 Å². The van der Waals surface area contributed by atoms with Crippen molar-refractivity contribution in [3.05, 3.63) is 89.2 Å². The number of carbonyl (C=O) groups excluding carboxylic acids is 1. The van der Waals surface area contributed by atoms with Crippen LogP contribution in [0.4, 0.5) is 8.63 Å². The van der Waals surface area contributed by atoms with Gasteiger partial charge in [0.05, 0.1) is 0 Å². The average molecular weight is 338 g/mol. The largest absolute Gasteiger partial charge is 0.796 e. The minimum absolute atomic E-state index is 0.0403. The number of halogens is 2. The number of hydrogen-bond acceptors (Lipinski definition) is 2. The van der Waals surface area contributed by atoms with Gasteiger partial charge in [-0.15, -0.1) is 0 Å². The van der Waals surface area contributed by atoms with Gasteiger partial charge in [0.25, 0.3) is 0 Å². The second-order valence-electron chi connectivity index (χ2n) is 5.92. The molecule has 0 fully saturated rings. The third-order valence-electron chi connectivity index (χ3n) is 4.29. The van der Waals surface area contributed by atoms with Crippen LogP contribution in [0.25, 0.3) is 5.57 Å². The summed E-state index contributed by atoms with van der Waals surface area (Å²) in [6.07, 6.45) is 2.12. The molecule has 0 bridgehead atoms. The molecule has 2 aromatic carbocycles.